The predicted octanol–water partition coefficient (Wildman–Crippen LogP) is 5.86. The van der Waals surface area contributed by atoms with Crippen LogP contribution in [0.3, 0.4) is 0 Å². The first-order valence-electron chi connectivity index (χ1n) is 10.2. The first-order valence-corrected chi connectivity index (χ1v) is 10.6. The third-order valence-electron chi connectivity index (χ3n) is 4.46. The van der Waals surface area contributed by atoms with E-state index >= 15 is 0 Å². The summed E-state index contributed by atoms with van der Waals surface area (Å²) in [6.07, 6.45) is 3.67. The molecule has 3 rings (SSSR count). The molecule has 3 aromatic carbocycles. The Bertz CT molecular complexity index is 985. The number of nitrogens with zero attached hydrogens (tertiary/aromatic N) is 1. The number of nitrogens with one attached hydrogen (secondary N) is 1. The van der Waals surface area contributed by atoms with Gasteiger partial charge in [-0.15, -0.1) is 0 Å². The molecule has 0 saturated heterocycles. The van der Waals surface area contributed by atoms with E-state index in [9.17, 15) is 4.79 Å². The first-order chi connectivity index (χ1) is 15.1. The van der Waals surface area contributed by atoms with Crippen molar-refractivity contribution in [3.63, 3.8) is 0 Å². The maximum absolute atomic E-state index is 12.2. The third kappa shape index (κ3) is 7.46. The SMILES string of the molecule is CCCCOc1ccc(C(=O)N/N=C\c2ccc(OCc3ccc(Cl)cc3)cc2)cc1. The zero-order valence-corrected chi connectivity index (χ0v) is 18.1. The van der Waals surface area contributed by atoms with Crippen molar-refractivity contribution in [2.24, 2.45) is 5.10 Å². The second-order valence-corrected chi connectivity index (χ2v) is 7.35. The Morgan fingerprint density at radius 2 is 1.58 bits per heavy atom. The molecule has 0 bridgehead atoms. The van der Waals surface area contributed by atoms with Crippen LogP contribution in [0.15, 0.2) is 77.9 Å². The van der Waals surface area contributed by atoms with Gasteiger partial charge in [0, 0.05) is 10.6 Å². The minimum atomic E-state index is -0.278. The van der Waals surface area contributed by atoms with Gasteiger partial charge >= 0.3 is 0 Å². The fourth-order valence-corrected chi connectivity index (χ4v) is 2.79. The molecule has 0 aromatic heterocycles. The molecule has 5 nitrogen and oxygen atoms in total. The van der Waals surface area contributed by atoms with E-state index in [4.69, 9.17) is 21.1 Å². The van der Waals surface area contributed by atoms with Crippen molar-refractivity contribution in [2.75, 3.05) is 6.61 Å². The average molecular weight is 437 g/mol. The zero-order valence-electron chi connectivity index (χ0n) is 17.4. The molecule has 0 heterocycles. The smallest absolute Gasteiger partial charge is 0.271 e. The molecule has 0 aliphatic rings. The Balaban J connectivity index is 1.45. The summed E-state index contributed by atoms with van der Waals surface area (Å²) >= 11 is 5.89. The second-order valence-electron chi connectivity index (χ2n) is 6.91. The van der Waals surface area contributed by atoms with E-state index in [1.807, 2.05) is 48.5 Å². The van der Waals surface area contributed by atoms with Crippen molar-refractivity contribution in [1.82, 2.24) is 5.43 Å². The van der Waals surface area contributed by atoms with Gasteiger partial charge in [-0.25, -0.2) is 5.43 Å². The van der Waals surface area contributed by atoms with Gasteiger partial charge in [-0.3, -0.25) is 4.79 Å². The molecule has 0 unspecified atom stereocenters. The van der Waals surface area contributed by atoms with Gasteiger partial charge in [0.15, 0.2) is 0 Å². The van der Waals surface area contributed by atoms with Crippen LogP contribution >= 0.6 is 11.6 Å². The number of unbranched alkanes of at least 4 members (excludes halogenated alkanes) is 1. The highest BCUT2D eigenvalue weighted by Gasteiger charge is 2.04. The average Bonchev–Trinajstić information content (AvgIpc) is 2.80. The van der Waals surface area contributed by atoms with Crippen molar-refractivity contribution in [1.29, 1.82) is 0 Å². The molecular formula is C25H25ClN2O3. The lowest BCUT2D eigenvalue weighted by atomic mass is 10.2. The largest absolute Gasteiger partial charge is 0.494 e. The maximum Gasteiger partial charge on any atom is 0.271 e. The number of benzene rings is 3. The van der Waals surface area contributed by atoms with E-state index in [1.165, 1.54) is 0 Å². The number of hydrogen-bond acceptors (Lipinski definition) is 4. The maximum atomic E-state index is 12.2. The van der Waals surface area contributed by atoms with Crippen molar-refractivity contribution in [2.45, 2.75) is 26.4 Å². The number of carbonyl (C=O) groups is 1. The number of rotatable bonds is 10. The van der Waals surface area contributed by atoms with Gasteiger partial charge in [0.2, 0.25) is 0 Å². The molecule has 0 radical (unpaired) electrons. The topological polar surface area (TPSA) is 59.9 Å². The number of ether oxygens (including phenoxy) is 2. The molecule has 0 saturated carbocycles. The van der Waals surface area contributed by atoms with Gasteiger partial charge in [-0.1, -0.05) is 37.1 Å². The molecule has 6 heteroatoms. The minimum absolute atomic E-state index is 0.278. The zero-order chi connectivity index (χ0) is 21.9. The highest BCUT2D eigenvalue weighted by molar-refractivity contribution is 6.30. The van der Waals surface area contributed by atoms with Crippen LogP contribution < -0.4 is 14.9 Å². The quantitative estimate of drug-likeness (QED) is 0.246. The Morgan fingerprint density at radius 3 is 2.26 bits per heavy atom. The van der Waals surface area contributed by atoms with E-state index in [0.29, 0.717) is 23.8 Å². The minimum Gasteiger partial charge on any atom is -0.494 e. The fourth-order valence-electron chi connectivity index (χ4n) is 2.66. The van der Waals surface area contributed by atoms with E-state index in [1.54, 1.807) is 30.5 Å². The monoisotopic (exact) mass is 436 g/mol. The van der Waals surface area contributed by atoms with E-state index in [2.05, 4.69) is 17.5 Å². The van der Waals surface area contributed by atoms with Gasteiger partial charge in [0.05, 0.1) is 12.8 Å². The van der Waals surface area contributed by atoms with Crippen LogP contribution in [-0.2, 0) is 6.61 Å². The van der Waals surface area contributed by atoms with Crippen LogP contribution in [0.4, 0.5) is 0 Å². The van der Waals surface area contributed by atoms with Crippen molar-refractivity contribution in [3.05, 3.63) is 94.5 Å². The molecule has 1 N–H and O–H groups in total. The summed E-state index contributed by atoms with van der Waals surface area (Å²) in [6, 6.07) is 22.0. The summed E-state index contributed by atoms with van der Waals surface area (Å²) in [5.74, 6) is 1.23. The van der Waals surface area contributed by atoms with Crippen molar-refractivity contribution < 1.29 is 14.3 Å². The molecule has 0 spiro atoms. The second kappa shape index (κ2) is 11.8. The van der Waals surface area contributed by atoms with Crippen LogP contribution in [-0.4, -0.2) is 18.7 Å². The lowest BCUT2D eigenvalue weighted by molar-refractivity contribution is 0.0955. The number of hydrogen-bond donors (Lipinski definition) is 1. The lowest BCUT2D eigenvalue weighted by Gasteiger charge is -2.07. The summed E-state index contributed by atoms with van der Waals surface area (Å²) in [7, 11) is 0. The van der Waals surface area contributed by atoms with Gasteiger partial charge in [0.25, 0.3) is 5.91 Å². The molecule has 3 aromatic rings. The Hall–Kier alpha value is -3.31. The summed E-state index contributed by atoms with van der Waals surface area (Å²) < 4.78 is 11.4. The number of carbonyl (C=O) groups excluding carboxylic acids is 1. The van der Waals surface area contributed by atoms with E-state index < -0.39 is 0 Å². The van der Waals surface area contributed by atoms with Gasteiger partial charge in [-0.05, 0) is 78.2 Å². The van der Waals surface area contributed by atoms with Gasteiger partial charge in [0.1, 0.15) is 18.1 Å². The summed E-state index contributed by atoms with van der Waals surface area (Å²) in [5.41, 5.74) is 4.94. The van der Waals surface area contributed by atoms with E-state index in [-0.39, 0.29) is 5.91 Å². The van der Waals surface area contributed by atoms with Crippen LogP contribution in [0.1, 0.15) is 41.3 Å². The molecule has 0 aliphatic carbocycles. The molecule has 1 amide bonds. The van der Waals surface area contributed by atoms with Crippen LogP contribution in [0.2, 0.25) is 5.02 Å². The summed E-state index contributed by atoms with van der Waals surface area (Å²) in [5, 5.41) is 4.73. The Kier molecular flexibility index (Phi) is 8.49. The van der Waals surface area contributed by atoms with Crippen LogP contribution in [0.25, 0.3) is 0 Å². The first kappa shape index (κ1) is 22.4. The number of amides is 1. The molecule has 31 heavy (non-hydrogen) atoms. The van der Waals surface area contributed by atoms with Crippen molar-refractivity contribution in [3.8, 4) is 11.5 Å². The molecule has 0 fully saturated rings. The van der Waals surface area contributed by atoms with E-state index in [0.717, 1.165) is 35.5 Å². The number of halogens is 1. The lowest BCUT2D eigenvalue weighted by Crippen LogP contribution is -2.17. The normalized spacial score (nSPS) is 10.8. The standard InChI is InChI=1S/C25H25ClN2O3/c1-2-3-16-30-23-14-8-21(9-15-23)25(29)28-27-17-19-6-12-24(13-7-19)31-18-20-4-10-22(26)11-5-20/h4-15,17H,2-3,16,18H2,1H3,(H,28,29)/b27-17-. The molecule has 0 atom stereocenters. The van der Waals surface area contributed by atoms with Crippen LogP contribution in [0, 0.1) is 0 Å². The highest BCUT2D eigenvalue weighted by Crippen LogP contribution is 2.15. The fraction of sp³-hybridized carbons (Fsp3) is 0.200. The van der Waals surface area contributed by atoms with Crippen LogP contribution in [0.5, 0.6) is 11.5 Å². The molecule has 160 valence electrons. The number of hydrazone groups is 1. The van der Waals surface area contributed by atoms with Gasteiger partial charge in [-0.2, -0.15) is 5.10 Å². The summed E-state index contributed by atoms with van der Waals surface area (Å²) in [6.45, 7) is 3.25. The third-order valence-corrected chi connectivity index (χ3v) is 4.71. The Labute approximate surface area is 187 Å². The van der Waals surface area contributed by atoms with Crippen molar-refractivity contribution >= 4 is 23.7 Å². The molecular weight excluding hydrogens is 412 g/mol. The Morgan fingerprint density at radius 1 is 0.935 bits per heavy atom. The summed E-state index contributed by atoms with van der Waals surface area (Å²) in [4.78, 5) is 12.2. The molecule has 0 aliphatic heterocycles. The van der Waals surface area contributed by atoms with Gasteiger partial charge < -0.3 is 9.47 Å². The highest BCUT2D eigenvalue weighted by atomic mass is 35.5. The predicted molar refractivity (Wildman–Crippen MR) is 124 cm³/mol.